The van der Waals surface area contributed by atoms with Crippen molar-refractivity contribution in [3.63, 3.8) is 0 Å². The van der Waals surface area contributed by atoms with Gasteiger partial charge in [-0.15, -0.1) is 11.3 Å². The van der Waals surface area contributed by atoms with Crippen LogP contribution in [-0.2, 0) is 0 Å². The van der Waals surface area contributed by atoms with Crippen molar-refractivity contribution in [2.45, 2.75) is 26.0 Å². The number of carbonyl (C=O) groups is 1. The molecule has 0 bridgehead atoms. The molecule has 0 radical (unpaired) electrons. The second-order valence-electron chi connectivity index (χ2n) is 7.87. The first kappa shape index (κ1) is 23.7. The van der Waals surface area contributed by atoms with Crippen molar-refractivity contribution in [1.82, 2.24) is 15.3 Å². The van der Waals surface area contributed by atoms with E-state index in [1.807, 2.05) is 0 Å². The van der Waals surface area contributed by atoms with Crippen LogP contribution >= 0.6 is 11.3 Å². The molecule has 0 saturated carbocycles. The number of anilines is 1. The highest BCUT2D eigenvalue weighted by Gasteiger charge is 2.26. The molecule has 0 spiro atoms. The van der Waals surface area contributed by atoms with Crippen LogP contribution in [0, 0.1) is 24.4 Å². The largest absolute Gasteiger partial charge is 0.389 e. The maximum atomic E-state index is 14.0. The van der Waals surface area contributed by atoms with Crippen LogP contribution in [0.25, 0.3) is 10.6 Å². The zero-order valence-corrected chi connectivity index (χ0v) is 19.2. The van der Waals surface area contributed by atoms with Gasteiger partial charge in [0.1, 0.15) is 28.7 Å². The van der Waals surface area contributed by atoms with Crippen LogP contribution in [0.2, 0.25) is 0 Å². The molecule has 2 N–H and O–H groups in total. The van der Waals surface area contributed by atoms with E-state index in [2.05, 4.69) is 15.4 Å². The molecule has 11 heteroatoms. The van der Waals surface area contributed by atoms with Crippen LogP contribution in [0.1, 0.15) is 22.3 Å². The maximum Gasteiger partial charge on any atom is 0.263 e. The van der Waals surface area contributed by atoms with Gasteiger partial charge in [-0.2, -0.15) is 5.10 Å². The fourth-order valence-corrected chi connectivity index (χ4v) is 4.38. The van der Waals surface area contributed by atoms with Crippen LogP contribution < -0.4 is 10.2 Å². The number of amides is 1. The number of aryl methyl sites for hydroxylation is 1. The zero-order valence-electron chi connectivity index (χ0n) is 18.4. The lowest BCUT2D eigenvalue weighted by Gasteiger charge is -2.25. The normalized spacial score (nSPS) is 15.0. The number of benzene rings is 2. The smallest absolute Gasteiger partial charge is 0.263 e. The van der Waals surface area contributed by atoms with Gasteiger partial charge < -0.3 is 15.3 Å². The second-order valence-corrected chi connectivity index (χ2v) is 8.87. The van der Waals surface area contributed by atoms with Crippen molar-refractivity contribution < 1.29 is 23.1 Å². The Morgan fingerprint density at radius 2 is 1.94 bits per heavy atom. The topological polar surface area (TPSA) is 81.1 Å². The number of carbonyl (C=O) groups excluding carboxylic acids is 1. The van der Waals surface area contributed by atoms with Gasteiger partial charge in [-0.3, -0.25) is 9.80 Å². The van der Waals surface area contributed by atoms with Gasteiger partial charge in [0.2, 0.25) is 0 Å². The van der Waals surface area contributed by atoms with Crippen LogP contribution in [0.4, 0.5) is 18.9 Å². The Kier molecular flexibility index (Phi) is 6.85. The van der Waals surface area contributed by atoms with Gasteiger partial charge in [0.15, 0.2) is 11.6 Å². The van der Waals surface area contributed by atoms with Crippen LogP contribution in [0.5, 0.6) is 0 Å². The summed E-state index contributed by atoms with van der Waals surface area (Å²) in [4.78, 5) is 19.0. The Morgan fingerprint density at radius 3 is 2.68 bits per heavy atom. The summed E-state index contributed by atoms with van der Waals surface area (Å²) < 4.78 is 40.7. The fourth-order valence-electron chi connectivity index (χ4n) is 3.41. The summed E-state index contributed by atoms with van der Waals surface area (Å²) in [6.07, 6.45) is 0.370. The summed E-state index contributed by atoms with van der Waals surface area (Å²) in [5.41, 5.74) is 1.27. The first-order valence-electron chi connectivity index (χ1n) is 10.4. The molecule has 7 nitrogen and oxygen atoms in total. The molecule has 1 aromatic heterocycles. The highest BCUT2D eigenvalue weighted by Crippen LogP contribution is 2.28. The van der Waals surface area contributed by atoms with Gasteiger partial charge in [0.25, 0.3) is 5.91 Å². The number of aliphatic hydroxyl groups excluding tert-OH is 1. The van der Waals surface area contributed by atoms with Gasteiger partial charge in [0.05, 0.1) is 30.1 Å². The third kappa shape index (κ3) is 5.05. The summed E-state index contributed by atoms with van der Waals surface area (Å²) >= 11 is 1.18. The Balaban J connectivity index is 1.35. The summed E-state index contributed by atoms with van der Waals surface area (Å²) in [6.45, 7) is 3.54. The van der Waals surface area contributed by atoms with Crippen molar-refractivity contribution in [3.05, 3.63) is 70.5 Å². The second kappa shape index (κ2) is 9.82. The van der Waals surface area contributed by atoms with Crippen molar-refractivity contribution in [2.75, 3.05) is 18.1 Å². The van der Waals surface area contributed by atoms with Crippen LogP contribution in [0.15, 0.2) is 47.6 Å². The fraction of sp³-hybridized carbons (Fsp3) is 0.261. The van der Waals surface area contributed by atoms with Crippen LogP contribution in [0.3, 0.4) is 0 Å². The van der Waals surface area contributed by atoms with E-state index in [1.165, 1.54) is 51.8 Å². The van der Waals surface area contributed by atoms with Crippen LogP contribution in [-0.4, -0.2) is 52.7 Å². The number of nitrogens with one attached hydrogen (secondary N) is 1. The van der Waals surface area contributed by atoms with E-state index < -0.39 is 23.8 Å². The minimum absolute atomic E-state index is 0.0414. The molecule has 178 valence electrons. The summed E-state index contributed by atoms with van der Waals surface area (Å²) in [6, 6.07) is 9.09. The number of nitrogens with zero attached hydrogens (tertiary/aromatic N) is 4. The Morgan fingerprint density at radius 1 is 1.21 bits per heavy atom. The molecule has 0 unspecified atom stereocenters. The Hall–Kier alpha value is -3.44. The first-order valence-corrected chi connectivity index (χ1v) is 11.3. The number of hydrogen-bond donors (Lipinski definition) is 2. The Labute approximate surface area is 198 Å². The van der Waals surface area contributed by atoms with Gasteiger partial charge in [-0.25, -0.2) is 18.2 Å². The number of hydrogen-bond acceptors (Lipinski definition) is 7. The predicted molar refractivity (Wildman–Crippen MR) is 124 cm³/mol. The molecule has 1 aliphatic rings. The highest BCUT2D eigenvalue weighted by molar-refractivity contribution is 7.17. The molecule has 34 heavy (non-hydrogen) atoms. The van der Waals surface area contributed by atoms with Gasteiger partial charge >= 0.3 is 0 Å². The monoisotopic (exact) mass is 489 g/mol. The quantitative estimate of drug-likeness (QED) is 0.529. The van der Waals surface area contributed by atoms with Crippen molar-refractivity contribution >= 4 is 29.3 Å². The SMILES string of the molecule is Cc1nc(-c2ccc(F)cc2)sc1C(=O)N[C@H](C)[C@H](O)CN1CN(c2cccc(F)c2F)C=N1. The average Bonchev–Trinajstić information content (AvgIpc) is 3.42. The molecular weight excluding hydrogens is 467 g/mol. The van der Waals surface area contributed by atoms with E-state index in [-0.39, 0.29) is 30.6 Å². The minimum Gasteiger partial charge on any atom is -0.389 e. The Bertz CT molecular complexity index is 1220. The third-order valence-corrected chi connectivity index (χ3v) is 6.54. The molecule has 4 rings (SSSR count). The third-order valence-electron chi connectivity index (χ3n) is 5.34. The molecule has 3 aromatic rings. The standard InChI is InChI=1S/C23H22F3N5O2S/c1-13(19(32)10-31-12-30(11-27-31)18-5-3-4-17(25)20(18)26)28-22(33)21-14(2)29-23(34-21)15-6-8-16(24)9-7-15/h3-9,11,13,19,32H,10,12H2,1-2H3,(H,28,33)/t13-,19-/m1/s1. The molecule has 1 amide bonds. The molecule has 2 heterocycles. The molecule has 2 aromatic carbocycles. The zero-order chi connectivity index (χ0) is 24.4. The molecule has 0 saturated heterocycles. The van der Waals surface area contributed by atoms with E-state index in [9.17, 15) is 23.1 Å². The number of thiazole rings is 1. The molecule has 1 aliphatic heterocycles. The minimum atomic E-state index is -0.983. The van der Waals surface area contributed by atoms with Gasteiger partial charge in [-0.1, -0.05) is 6.07 Å². The van der Waals surface area contributed by atoms with Crippen molar-refractivity contribution in [3.8, 4) is 10.6 Å². The van der Waals surface area contributed by atoms with Gasteiger partial charge in [0, 0.05) is 5.56 Å². The van der Waals surface area contributed by atoms with Crippen molar-refractivity contribution in [2.24, 2.45) is 5.10 Å². The number of aliphatic hydroxyl groups is 1. The first-order chi connectivity index (χ1) is 16.2. The molecule has 0 fully saturated rings. The highest BCUT2D eigenvalue weighted by atomic mass is 32.1. The summed E-state index contributed by atoms with van der Waals surface area (Å²) in [5.74, 6) is -2.67. The van der Waals surface area contributed by atoms with E-state index >= 15 is 0 Å². The molecule has 2 atom stereocenters. The average molecular weight is 490 g/mol. The van der Waals surface area contributed by atoms with Gasteiger partial charge in [-0.05, 0) is 50.2 Å². The lowest BCUT2D eigenvalue weighted by atomic mass is 10.2. The maximum absolute atomic E-state index is 14.0. The molecule has 0 aliphatic carbocycles. The predicted octanol–water partition coefficient (Wildman–Crippen LogP) is 3.74. The number of aromatic nitrogens is 1. The number of rotatable bonds is 7. The number of halogens is 3. The van der Waals surface area contributed by atoms with E-state index in [4.69, 9.17) is 0 Å². The van der Waals surface area contributed by atoms with E-state index in [0.29, 0.717) is 21.1 Å². The van der Waals surface area contributed by atoms with Crippen molar-refractivity contribution in [1.29, 1.82) is 0 Å². The van der Waals surface area contributed by atoms with E-state index in [1.54, 1.807) is 26.0 Å². The lowest BCUT2D eigenvalue weighted by molar-refractivity contribution is 0.0743. The number of hydrazone groups is 1. The molecular formula is C23H22F3N5O2S. The van der Waals surface area contributed by atoms with E-state index in [0.717, 1.165) is 6.07 Å². The number of β-amino-alcohol motifs (C(OH)–C–C–N with tert-alkyl or cyclic N) is 1. The lowest BCUT2D eigenvalue weighted by Crippen LogP contribution is -2.46. The summed E-state index contributed by atoms with van der Waals surface area (Å²) in [7, 11) is 0. The summed E-state index contributed by atoms with van der Waals surface area (Å²) in [5, 5.41) is 19.5.